The summed E-state index contributed by atoms with van der Waals surface area (Å²) in [6, 6.07) is 10.1. The highest BCUT2D eigenvalue weighted by molar-refractivity contribution is 5.81. The topological polar surface area (TPSA) is 32.7 Å². The summed E-state index contributed by atoms with van der Waals surface area (Å²) in [5.74, 6) is 1.01. The number of hydrogen-bond donors (Lipinski definition) is 1. The largest absolute Gasteiger partial charge is 0.507 e. The number of phenolic OH excluding ortho intramolecular Hbond substituents is 1. The minimum atomic E-state index is -0.500. The van der Waals surface area contributed by atoms with Gasteiger partial charge in [-0.1, -0.05) is 19.1 Å². The average molecular weight is 327 g/mol. The van der Waals surface area contributed by atoms with E-state index in [0.29, 0.717) is 17.5 Å². The zero-order chi connectivity index (χ0) is 16.7. The van der Waals surface area contributed by atoms with E-state index in [9.17, 15) is 9.50 Å². The summed E-state index contributed by atoms with van der Waals surface area (Å²) < 4.78 is 18.1. The Morgan fingerprint density at radius 1 is 1.29 bits per heavy atom. The van der Waals surface area contributed by atoms with Crippen molar-refractivity contribution >= 4 is 0 Å². The molecule has 0 fully saturated rings. The molecule has 4 heteroatoms. The Morgan fingerprint density at radius 3 is 2.96 bits per heavy atom. The van der Waals surface area contributed by atoms with Crippen LogP contribution in [-0.4, -0.2) is 36.4 Å². The molecule has 2 aromatic rings. The van der Waals surface area contributed by atoms with Gasteiger partial charge in [0.1, 0.15) is 24.8 Å². The third-order valence-electron chi connectivity index (χ3n) is 5.24. The second kappa shape index (κ2) is 6.10. The third-order valence-corrected chi connectivity index (χ3v) is 5.24. The van der Waals surface area contributed by atoms with Gasteiger partial charge in [-0.25, -0.2) is 4.39 Å². The molecule has 1 aliphatic carbocycles. The van der Waals surface area contributed by atoms with Gasteiger partial charge in [-0.05, 0) is 59.8 Å². The molecule has 3 nitrogen and oxygen atoms in total. The molecule has 24 heavy (non-hydrogen) atoms. The molecule has 126 valence electrons. The second-order valence-electron chi connectivity index (χ2n) is 6.49. The zero-order valence-electron chi connectivity index (χ0n) is 13.9. The van der Waals surface area contributed by atoms with Crippen LogP contribution < -0.4 is 4.74 Å². The number of aromatic hydroxyl groups is 1. The molecule has 0 amide bonds. The number of phenols is 1. The molecule has 1 unspecified atom stereocenters. The van der Waals surface area contributed by atoms with Crippen molar-refractivity contribution in [2.24, 2.45) is 0 Å². The van der Waals surface area contributed by atoms with Crippen LogP contribution in [0.4, 0.5) is 4.39 Å². The number of likely N-dealkylation sites (N-methyl/N-ethyl adjacent to an activating group) is 1. The van der Waals surface area contributed by atoms with Gasteiger partial charge in [0.25, 0.3) is 0 Å². The van der Waals surface area contributed by atoms with Gasteiger partial charge in [0.2, 0.25) is 0 Å². The van der Waals surface area contributed by atoms with Crippen molar-refractivity contribution in [1.29, 1.82) is 0 Å². The van der Waals surface area contributed by atoms with Crippen molar-refractivity contribution in [2.45, 2.75) is 25.8 Å². The lowest BCUT2D eigenvalue weighted by molar-refractivity contribution is 0.192. The highest BCUT2D eigenvalue weighted by Crippen LogP contribution is 2.49. The lowest BCUT2D eigenvalue weighted by Crippen LogP contribution is -2.38. The smallest absolute Gasteiger partial charge is 0.123 e. The first kappa shape index (κ1) is 15.5. The Bertz CT molecular complexity index is 774. The summed E-state index contributed by atoms with van der Waals surface area (Å²) in [5.41, 5.74) is 5.70. The van der Waals surface area contributed by atoms with Crippen molar-refractivity contribution in [3.05, 3.63) is 47.0 Å². The number of benzene rings is 2. The number of fused-ring (bicyclic) bond motifs is 2. The van der Waals surface area contributed by atoms with Gasteiger partial charge in [-0.15, -0.1) is 0 Å². The van der Waals surface area contributed by atoms with Crippen LogP contribution in [-0.2, 0) is 12.8 Å². The molecule has 0 aromatic heterocycles. The number of halogens is 1. The Labute approximate surface area is 141 Å². The summed E-state index contributed by atoms with van der Waals surface area (Å²) >= 11 is 0. The molecule has 2 aromatic carbocycles. The molecular formula is C20H22FNO2. The van der Waals surface area contributed by atoms with E-state index in [1.165, 1.54) is 16.7 Å². The van der Waals surface area contributed by atoms with Crippen molar-refractivity contribution in [3.8, 4) is 22.6 Å². The van der Waals surface area contributed by atoms with Crippen LogP contribution in [0.15, 0.2) is 30.3 Å². The normalized spacial score (nSPS) is 18.8. The van der Waals surface area contributed by atoms with Gasteiger partial charge < -0.3 is 9.84 Å². The van der Waals surface area contributed by atoms with Gasteiger partial charge in [-0.2, -0.15) is 0 Å². The molecule has 1 atom stereocenters. The van der Waals surface area contributed by atoms with Crippen molar-refractivity contribution < 1.29 is 14.2 Å². The predicted octanol–water partition coefficient (Wildman–Crippen LogP) is 3.88. The van der Waals surface area contributed by atoms with E-state index in [0.717, 1.165) is 37.1 Å². The molecular weight excluding hydrogens is 305 g/mol. The number of ether oxygens (including phenoxy) is 1. The van der Waals surface area contributed by atoms with E-state index >= 15 is 0 Å². The summed E-state index contributed by atoms with van der Waals surface area (Å²) in [7, 11) is 0. The molecule has 2 aliphatic rings. The lowest BCUT2D eigenvalue weighted by Gasteiger charge is -2.41. The van der Waals surface area contributed by atoms with Crippen LogP contribution in [0, 0.1) is 0 Å². The third kappa shape index (κ3) is 2.37. The van der Waals surface area contributed by atoms with Crippen LogP contribution in [0.1, 0.15) is 29.7 Å². The Kier molecular flexibility index (Phi) is 3.93. The fourth-order valence-corrected chi connectivity index (χ4v) is 4.22. The first-order valence-electron chi connectivity index (χ1n) is 8.63. The summed E-state index contributed by atoms with van der Waals surface area (Å²) in [6.45, 7) is 3.80. The van der Waals surface area contributed by atoms with E-state index < -0.39 is 6.67 Å². The van der Waals surface area contributed by atoms with Crippen LogP contribution in [0.3, 0.4) is 0 Å². The number of alkyl halides is 1. The van der Waals surface area contributed by atoms with E-state index in [-0.39, 0.29) is 6.61 Å². The maximum absolute atomic E-state index is 12.5. The molecule has 1 N–H and O–H groups in total. The van der Waals surface area contributed by atoms with Gasteiger partial charge in [0, 0.05) is 18.2 Å². The van der Waals surface area contributed by atoms with Gasteiger partial charge in [0.15, 0.2) is 0 Å². The van der Waals surface area contributed by atoms with Crippen LogP contribution in [0.5, 0.6) is 11.5 Å². The Balaban J connectivity index is 1.92. The van der Waals surface area contributed by atoms with Crippen LogP contribution in [0.25, 0.3) is 11.1 Å². The molecule has 0 radical (unpaired) electrons. The fourth-order valence-electron chi connectivity index (χ4n) is 4.22. The molecule has 1 heterocycles. The Morgan fingerprint density at radius 2 is 2.17 bits per heavy atom. The predicted molar refractivity (Wildman–Crippen MR) is 92.4 cm³/mol. The highest BCUT2D eigenvalue weighted by Gasteiger charge is 2.35. The highest BCUT2D eigenvalue weighted by atomic mass is 19.1. The minimum Gasteiger partial charge on any atom is -0.507 e. The monoisotopic (exact) mass is 327 g/mol. The van der Waals surface area contributed by atoms with Crippen LogP contribution >= 0.6 is 0 Å². The van der Waals surface area contributed by atoms with Crippen molar-refractivity contribution in [1.82, 2.24) is 4.90 Å². The number of hydrogen-bond acceptors (Lipinski definition) is 3. The van der Waals surface area contributed by atoms with Crippen LogP contribution in [0.2, 0.25) is 0 Å². The number of nitrogens with zero attached hydrogens (tertiary/aromatic N) is 1. The lowest BCUT2D eigenvalue weighted by atomic mass is 9.76. The minimum absolute atomic E-state index is 0.0658. The molecule has 1 aliphatic heterocycles. The van der Waals surface area contributed by atoms with Crippen molar-refractivity contribution in [3.63, 3.8) is 0 Å². The van der Waals surface area contributed by atoms with Gasteiger partial charge in [0.05, 0.1) is 0 Å². The second-order valence-corrected chi connectivity index (χ2v) is 6.49. The van der Waals surface area contributed by atoms with E-state index in [2.05, 4.69) is 24.0 Å². The molecule has 4 rings (SSSR count). The first-order valence-corrected chi connectivity index (χ1v) is 8.63. The summed E-state index contributed by atoms with van der Waals surface area (Å²) in [6.07, 6.45) is 1.88. The van der Waals surface area contributed by atoms with E-state index in [1.54, 1.807) is 6.07 Å². The zero-order valence-corrected chi connectivity index (χ0v) is 13.9. The maximum atomic E-state index is 12.5. The summed E-state index contributed by atoms with van der Waals surface area (Å²) in [5, 5.41) is 10.4. The molecule has 0 spiro atoms. The SMILES string of the molecule is CCN1CCc2cc(OCCF)cc3c2C1Cc1cccc(O)c1-3. The Hall–Kier alpha value is -2.07. The summed E-state index contributed by atoms with van der Waals surface area (Å²) in [4.78, 5) is 2.50. The van der Waals surface area contributed by atoms with E-state index in [4.69, 9.17) is 4.74 Å². The van der Waals surface area contributed by atoms with E-state index in [1.807, 2.05) is 12.1 Å². The average Bonchev–Trinajstić information content (AvgIpc) is 2.60. The molecule has 0 saturated carbocycles. The van der Waals surface area contributed by atoms with Gasteiger partial charge >= 0.3 is 0 Å². The quantitative estimate of drug-likeness (QED) is 0.925. The molecule has 0 saturated heterocycles. The first-order chi connectivity index (χ1) is 11.7. The number of rotatable bonds is 4. The standard InChI is InChI=1S/C20H22FNO2/c1-2-22-8-6-14-10-15(24-9-7-21)12-16-19(14)17(22)11-13-4-3-5-18(23)20(13)16/h3-5,10,12,17,23H,2,6-9,11H2,1H3. The van der Waals surface area contributed by atoms with Gasteiger partial charge in [-0.3, -0.25) is 4.90 Å². The van der Waals surface area contributed by atoms with Crippen molar-refractivity contribution in [2.75, 3.05) is 26.4 Å². The molecule has 0 bridgehead atoms. The fraction of sp³-hybridized carbons (Fsp3) is 0.400. The maximum Gasteiger partial charge on any atom is 0.123 e.